The standard InChI is InChI=1S/C31H27NO6/c1-15(2)13-24(34)21-8-5-17-20-11-12-25(38-14-33)29-22(30(35)32-16(3)4)9-6-19(27(20)29)18-7-10-23(31(36)37)28(21)26(17)18/h5-12,14-16H,13H2,1-4H3,(H,32,35)(H,36,37). The Balaban J connectivity index is 1.98. The van der Waals surface area contributed by atoms with Crippen molar-refractivity contribution in [2.24, 2.45) is 5.92 Å². The van der Waals surface area contributed by atoms with Gasteiger partial charge in [0.05, 0.1) is 11.1 Å². The molecule has 5 aromatic carbocycles. The summed E-state index contributed by atoms with van der Waals surface area (Å²) in [6, 6.07) is 13.6. The Morgan fingerprint density at radius 3 is 1.82 bits per heavy atom. The minimum absolute atomic E-state index is 0.0613. The maximum absolute atomic E-state index is 13.2. The van der Waals surface area contributed by atoms with E-state index in [-0.39, 0.29) is 35.0 Å². The lowest BCUT2D eigenvalue weighted by Crippen LogP contribution is -2.30. The zero-order valence-corrected chi connectivity index (χ0v) is 21.5. The summed E-state index contributed by atoms with van der Waals surface area (Å²) in [6.07, 6.45) is 0.296. The van der Waals surface area contributed by atoms with E-state index in [1.165, 1.54) is 6.07 Å². The van der Waals surface area contributed by atoms with Crippen LogP contribution in [-0.4, -0.2) is 35.3 Å². The maximum Gasteiger partial charge on any atom is 0.336 e. The second-order valence-electron chi connectivity index (χ2n) is 10.3. The van der Waals surface area contributed by atoms with Gasteiger partial charge in [0.25, 0.3) is 12.4 Å². The number of amides is 1. The zero-order valence-electron chi connectivity index (χ0n) is 21.5. The van der Waals surface area contributed by atoms with Gasteiger partial charge in [0.1, 0.15) is 5.75 Å². The number of hydrogen-bond acceptors (Lipinski definition) is 5. The first-order chi connectivity index (χ1) is 18.1. The van der Waals surface area contributed by atoms with Crippen molar-refractivity contribution in [3.63, 3.8) is 0 Å². The molecule has 0 atom stereocenters. The van der Waals surface area contributed by atoms with E-state index in [2.05, 4.69) is 5.32 Å². The highest BCUT2D eigenvalue weighted by Crippen LogP contribution is 2.45. The van der Waals surface area contributed by atoms with Gasteiger partial charge < -0.3 is 15.2 Å². The van der Waals surface area contributed by atoms with Crippen LogP contribution >= 0.6 is 0 Å². The van der Waals surface area contributed by atoms with Gasteiger partial charge in [0.2, 0.25) is 0 Å². The van der Waals surface area contributed by atoms with Crippen molar-refractivity contribution in [1.29, 1.82) is 0 Å². The first kappa shape index (κ1) is 25.1. The van der Waals surface area contributed by atoms with Crippen LogP contribution < -0.4 is 10.1 Å². The lowest BCUT2D eigenvalue weighted by molar-refractivity contribution is -0.120. The SMILES string of the molecule is CC(C)CC(=O)c1ccc2c3ccc(OC=O)c4c(C(=O)NC(C)C)ccc(c5ccc(C(=O)O)c1c52)c43. The van der Waals surface area contributed by atoms with Gasteiger partial charge in [-0.3, -0.25) is 14.4 Å². The molecular formula is C31H27NO6. The van der Waals surface area contributed by atoms with Crippen LogP contribution in [0.25, 0.3) is 43.1 Å². The molecule has 7 heteroatoms. The molecule has 0 aromatic heterocycles. The molecule has 0 aliphatic carbocycles. The quantitative estimate of drug-likeness (QED) is 0.109. The Morgan fingerprint density at radius 1 is 0.763 bits per heavy atom. The largest absolute Gasteiger partial charge is 0.478 e. The molecule has 0 radical (unpaired) electrons. The van der Waals surface area contributed by atoms with Crippen LogP contribution in [-0.2, 0) is 4.79 Å². The average Bonchev–Trinajstić information content (AvgIpc) is 2.86. The predicted molar refractivity (Wildman–Crippen MR) is 148 cm³/mol. The molecule has 192 valence electrons. The summed E-state index contributed by atoms with van der Waals surface area (Å²) in [4.78, 5) is 50.1. The van der Waals surface area contributed by atoms with Crippen molar-refractivity contribution in [3.05, 3.63) is 65.2 Å². The van der Waals surface area contributed by atoms with Crippen LogP contribution in [0.2, 0.25) is 0 Å². The number of ketones is 1. The summed E-state index contributed by atoms with van der Waals surface area (Å²) in [5, 5.41) is 18.3. The third-order valence-electron chi connectivity index (χ3n) is 6.83. The van der Waals surface area contributed by atoms with Crippen molar-refractivity contribution < 1.29 is 29.0 Å². The number of carbonyl (C=O) groups is 4. The second-order valence-corrected chi connectivity index (χ2v) is 10.3. The van der Waals surface area contributed by atoms with Gasteiger partial charge in [-0.25, -0.2) is 4.79 Å². The number of carbonyl (C=O) groups excluding carboxylic acids is 3. The van der Waals surface area contributed by atoms with Crippen molar-refractivity contribution in [2.75, 3.05) is 0 Å². The number of benzene rings is 5. The highest BCUT2D eigenvalue weighted by atomic mass is 16.5. The number of nitrogens with one attached hydrogen (secondary N) is 1. The number of hydrogen-bond donors (Lipinski definition) is 2. The molecule has 0 aliphatic rings. The Morgan fingerprint density at radius 2 is 1.29 bits per heavy atom. The minimum Gasteiger partial charge on any atom is -0.478 e. The smallest absolute Gasteiger partial charge is 0.336 e. The Bertz CT molecular complexity index is 1760. The summed E-state index contributed by atoms with van der Waals surface area (Å²) >= 11 is 0. The molecule has 2 N–H and O–H groups in total. The third-order valence-corrected chi connectivity index (χ3v) is 6.83. The van der Waals surface area contributed by atoms with Crippen molar-refractivity contribution in [2.45, 2.75) is 40.2 Å². The molecule has 0 saturated heterocycles. The van der Waals surface area contributed by atoms with Crippen LogP contribution in [0.5, 0.6) is 5.75 Å². The van der Waals surface area contributed by atoms with Crippen LogP contribution in [0.4, 0.5) is 0 Å². The van der Waals surface area contributed by atoms with E-state index in [9.17, 15) is 24.3 Å². The summed E-state index contributed by atoms with van der Waals surface area (Å²) in [5.74, 6) is -1.16. The second kappa shape index (κ2) is 9.41. The van der Waals surface area contributed by atoms with Gasteiger partial charge in [-0.1, -0.05) is 38.1 Å². The van der Waals surface area contributed by atoms with Gasteiger partial charge in [-0.05, 0) is 71.0 Å². The van der Waals surface area contributed by atoms with Crippen molar-refractivity contribution in [1.82, 2.24) is 5.32 Å². The first-order valence-electron chi connectivity index (χ1n) is 12.5. The molecule has 5 rings (SSSR count). The van der Waals surface area contributed by atoms with Gasteiger partial charge in [-0.2, -0.15) is 0 Å². The molecule has 0 bridgehead atoms. The molecule has 38 heavy (non-hydrogen) atoms. The molecule has 0 spiro atoms. The lowest BCUT2D eigenvalue weighted by atomic mass is 9.84. The van der Waals surface area contributed by atoms with Crippen molar-refractivity contribution >= 4 is 67.2 Å². The highest BCUT2D eigenvalue weighted by molar-refractivity contribution is 6.37. The fraction of sp³-hybridized carbons (Fsp3) is 0.226. The van der Waals surface area contributed by atoms with Crippen molar-refractivity contribution in [3.8, 4) is 5.75 Å². The maximum atomic E-state index is 13.2. The molecule has 0 aliphatic heterocycles. The number of fused-ring (bicyclic) bond motifs is 2. The highest BCUT2D eigenvalue weighted by Gasteiger charge is 2.25. The minimum atomic E-state index is -1.11. The molecule has 5 aromatic rings. The lowest BCUT2D eigenvalue weighted by Gasteiger charge is -2.20. The van der Waals surface area contributed by atoms with E-state index in [0.29, 0.717) is 40.2 Å². The number of carboxylic acids is 1. The summed E-state index contributed by atoms with van der Waals surface area (Å²) in [5.41, 5.74) is 0.804. The molecule has 7 nitrogen and oxygen atoms in total. The number of carboxylic acid groups (broad SMARTS) is 1. The Kier molecular flexibility index (Phi) is 6.23. The van der Waals surface area contributed by atoms with Crippen LogP contribution in [0.3, 0.4) is 0 Å². The normalized spacial score (nSPS) is 11.7. The molecule has 0 heterocycles. The van der Waals surface area contributed by atoms with Crippen LogP contribution in [0, 0.1) is 5.92 Å². The molecule has 0 fully saturated rings. The fourth-order valence-corrected chi connectivity index (χ4v) is 5.43. The zero-order chi connectivity index (χ0) is 27.3. The van der Waals surface area contributed by atoms with Crippen LogP contribution in [0.1, 0.15) is 65.2 Å². The van der Waals surface area contributed by atoms with Gasteiger partial charge in [0.15, 0.2) is 5.78 Å². The average molecular weight is 510 g/mol. The van der Waals surface area contributed by atoms with E-state index in [4.69, 9.17) is 4.74 Å². The number of rotatable bonds is 8. The summed E-state index contributed by atoms with van der Waals surface area (Å²) in [7, 11) is 0. The third kappa shape index (κ3) is 3.91. The van der Waals surface area contributed by atoms with E-state index in [1.807, 2.05) is 39.8 Å². The molecule has 0 unspecified atom stereocenters. The summed E-state index contributed by atoms with van der Waals surface area (Å²) in [6.45, 7) is 7.95. The van der Waals surface area contributed by atoms with Crippen LogP contribution in [0.15, 0.2) is 48.5 Å². The van der Waals surface area contributed by atoms with E-state index in [1.54, 1.807) is 30.3 Å². The van der Waals surface area contributed by atoms with Gasteiger partial charge in [0, 0.05) is 34.2 Å². The van der Waals surface area contributed by atoms with E-state index in [0.717, 1.165) is 26.9 Å². The number of aromatic carboxylic acids is 1. The summed E-state index contributed by atoms with van der Waals surface area (Å²) < 4.78 is 5.31. The van der Waals surface area contributed by atoms with E-state index < -0.39 is 5.97 Å². The van der Waals surface area contributed by atoms with Gasteiger partial charge in [-0.15, -0.1) is 0 Å². The van der Waals surface area contributed by atoms with Gasteiger partial charge >= 0.3 is 5.97 Å². The Labute approximate surface area is 218 Å². The predicted octanol–water partition coefficient (Wildman–Crippen LogP) is 6.34. The monoisotopic (exact) mass is 509 g/mol. The number of Topliss-reactive ketones (excluding diaryl/α,β-unsaturated/α-hetero) is 1. The number of ether oxygens (including phenoxy) is 1. The fourth-order valence-electron chi connectivity index (χ4n) is 5.43. The molecule has 1 amide bonds. The Hall–Kier alpha value is -4.52. The first-order valence-corrected chi connectivity index (χ1v) is 12.5. The molecule has 0 saturated carbocycles. The topological polar surface area (TPSA) is 110 Å². The van der Waals surface area contributed by atoms with E-state index >= 15 is 0 Å². The molecular weight excluding hydrogens is 482 g/mol.